The fraction of sp³-hybridized carbons (Fsp3) is 0.308. The summed E-state index contributed by atoms with van der Waals surface area (Å²) in [5.74, 6) is 0. The molecule has 0 aliphatic heterocycles. The molecule has 19 heavy (non-hydrogen) atoms. The third-order valence-corrected chi connectivity index (χ3v) is 2.76. The van der Waals surface area contributed by atoms with E-state index in [4.69, 9.17) is 11.6 Å². The Hall–Kier alpha value is -1.49. The van der Waals surface area contributed by atoms with Crippen molar-refractivity contribution in [2.24, 2.45) is 0 Å². The highest BCUT2D eigenvalue weighted by atomic mass is 35.5. The van der Waals surface area contributed by atoms with Crippen molar-refractivity contribution < 1.29 is 13.2 Å². The van der Waals surface area contributed by atoms with E-state index in [1.807, 2.05) is 13.8 Å². The van der Waals surface area contributed by atoms with Crippen molar-refractivity contribution >= 4 is 11.6 Å². The Morgan fingerprint density at radius 3 is 2.05 bits per heavy atom. The van der Waals surface area contributed by atoms with E-state index < -0.39 is 11.9 Å². The average Bonchev–Trinajstić information content (AvgIpc) is 2.70. The first-order chi connectivity index (χ1) is 8.91. The van der Waals surface area contributed by atoms with Gasteiger partial charge in [0.05, 0.1) is 5.69 Å². The highest BCUT2D eigenvalue weighted by Crippen LogP contribution is 2.34. The smallest absolute Gasteiger partial charge is 0.221 e. The molecule has 0 saturated heterocycles. The largest absolute Gasteiger partial charge is 0.435 e. The van der Waals surface area contributed by atoms with Crippen molar-refractivity contribution in [3.63, 3.8) is 0 Å². The summed E-state index contributed by atoms with van der Waals surface area (Å²) in [6.45, 7) is 5.30. The number of nitrogens with zero attached hydrogens (tertiary/aromatic N) is 2. The second-order valence-corrected chi connectivity index (χ2v) is 3.87. The molecule has 0 spiro atoms. The number of halogens is 4. The molecule has 1 heterocycles. The molecule has 0 bridgehead atoms. The molecule has 1 aromatic carbocycles. The molecule has 0 radical (unpaired) electrons. The van der Waals surface area contributed by atoms with Crippen LogP contribution in [-0.4, -0.2) is 9.78 Å². The van der Waals surface area contributed by atoms with Gasteiger partial charge in [0.15, 0.2) is 5.69 Å². The van der Waals surface area contributed by atoms with Crippen LogP contribution >= 0.6 is 11.6 Å². The van der Waals surface area contributed by atoms with Crippen LogP contribution in [0.2, 0.25) is 5.15 Å². The van der Waals surface area contributed by atoms with Gasteiger partial charge in [-0.2, -0.15) is 18.3 Å². The Morgan fingerprint density at radius 1 is 1.11 bits per heavy atom. The lowest BCUT2D eigenvalue weighted by Crippen LogP contribution is -2.08. The van der Waals surface area contributed by atoms with E-state index >= 15 is 0 Å². The lowest BCUT2D eigenvalue weighted by molar-refractivity contribution is -0.141. The van der Waals surface area contributed by atoms with Crippen molar-refractivity contribution in [3.05, 3.63) is 46.7 Å². The van der Waals surface area contributed by atoms with Crippen molar-refractivity contribution in [3.8, 4) is 5.69 Å². The van der Waals surface area contributed by atoms with Gasteiger partial charge >= 0.3 is 6.18 Å². The van der Waals surface area contributed by atoms with Crippen molar-refractivity contribution in [2.45, 2.75) is 26.9 Å². The quantitative estimate of drug-likeness (QED) is 0.732. The highest BCUT2D eigenvalue weighted by Gasteiger charge is 2.37. The molecule has 0 atom stereocenters. The van der Waals surface area contributed by atoms with E-state index in [1.54, 1.807) is 30.3 Å². The summed E-state index contributed by atoms with van der Waals surface area (Å²) < 4.78 is 39.0. The second kappa shape index (κ2) is 6.10. The van der Waals surface area contributed by atoms with Gasteiger partial charge in [0.1, 0.15) is 5.15 Å². The van der Waals surface area contributed by atoms with Gasteiger partial charge in [0, 0.05) is 5.56 Å². The summed E-state index contributed by atoms with van der Waals surface area (Å²) in [5, 5.41) is 3.49. The molecule has 0 aliphatic carbocycles. The first kappa shape index (κ1) is 15.6. The number of hydrogen-bond donors (Lipinski definition) is 0. The van der Waals surface area contributed by atoms with Crippen molar-refractivity contribution in [1.82, 2.24) is 9.78 Å². The molecular formula is C13H14ClF3N2. The van der Waals surface area contributed by atoms with Gasteiger partial charge in [-0.05, 0) is 19.1 Å². The van der Waals surface area contributed by atoms with Crippen LogP contribution in [0.3, 0.4) is 0 Å². The van der Waals surface area contributed by atoms with E-state index in [0.717, 1.165) is 4.68 Å². The third kappa shape index (κ3) is 3.29. The zero-order chi connectivity index (χ0) is 14.6. The highest BCUT2D eigenvalue weighted by molar-refractivity contribution is 6.30. The molecule has 2 aromatic rings. The molecule has 0 amide bonds. The van der Waals surface area contributed by atoms with Gasteiger partial charge in [-0.1, -0.05) is 43.6 Å². The maximum Gasteiger partial charge on any atom is 0.435 e. The Morgan fingerprint density at radius 2 is 1.63 bits per heavy atom. The molecule has 6 heteroatoms. The van der Waals surface area contributed by atoms with Crippen LogP contribution < -0.4 is 0 Å². The van der Waals surface area contributed by atoms with Gasteiger partial charge in [-0.25, -0.2) is 4.68 Å². The summed E-state index contributed by atoms with van der Waals surface area (Å²) in [4.78, 5) is 0. The monoisotopic (exact) mass is 290 g/mol. The molecule has 0 unspecified atom stereocenters. The predicted molar refractivity (Wildman–Crippen MR) is 69.7 cm³/mol. The maximum atomic E-state index is 12.6. The standard InChI is InChI=1S/C11H8ClF3N2.C2H6/c1-7-9(11(13,14)15)16-17(10(7)12)8-5-3-2-4-6-8;1-2/h2-6H,1H3;1-2H3. The SMILES string of the molecule is CC.Cc1c(C(F)(F)F)nn(-c2ccccc2)c1Cl. The number of hydrogen-bond acceptors (Lipinski definition) is 1. The van der Waals surface area contributed by atoms with Crippen LogP contribution in [0.1, 0.15) is 25.1 Å². The lowest BCUT2D eigenvalue weighted by Gasteiger charge is -2.03. The topological polar surface area (TPSA) is 17.8 Å². The van der Waals surface area contributed by atoms with Crippen LogP contribution in [0.25, 0.3) is 5.69 Å². The number of rotatable bonds is 1. The molecule has 0 N–H and O–H groups in total. The zero-order valence-electron chi connectivity index (χ0n) is 10.8. The van der Waals surface area contributed by atoms with Crippen LogP contribution in [0.4, 0.5) is 13.2 Å². The van der Waals surface area contributed by atoms with E-state index in [0.29, 0.717) is 5.69 Å². The number of aromatic nitrogens is 2. The Bertz CT molecular complexity index is 533. The Labute approximate surface area is 114 Å². The first-order valence-electron chi connectivity index (χ1n) is 5.79. The summed E-state index contributed by atoms with van der Waals surface area (Å²) >= 11 is 5.85. The fourth-order valence-electron chi connectivity index (χ4n) is 1.49. The van der Waals surface area contributed by atoms with E-state index in [9.17, 15) is 13.2 Å². The minimum absolute atomic E-state index is 0.0245. The van der Waals surface area contributed by atoms with Gasteiger partial charge in [-0.15, -0.1) is 0 Å². The van der Waals surface area contributed by atoms with Crippen LogP contribution in [0.15, 0.2) is 30.3 Å². The van der Waals surface area contributed by atoms with Gasteiger partial charge < -0.3 is 0 Å². The van der Waals surface area contributed by atoms with Crippen molar-refractivity contribution in [1.29, 1.82) is 0 Å². The van der Waals surface area contributed by atoms with Crippen LogP contribution in [0.5, 0.6) is 0 Å². The lowest BCUT2D eigenvalue weighted by atomic mass is 10.3. The fourth-order valence-corrected chi connectivity index (χ4v) is 1.71. The molecule has 2 rings (SSSR count). The molecule has 1 aromatic heterocycles. The summed E-state index contributed by atoms with van der Waals surface area (Å²) in [6, 6.07) is 8.45. The molecule has 2 nitrogen and oxygen atoms in total. The molecule has 0 fully saturated rings. The summed E-state index contributed by atoms with van der Waals surface area (Å²) in [6.07, 6.45) is -4.49. The molecule has 0 aliphatic rings. The van der Waals surface area contributed by atoms with Crippen molar-refractivity contribution in [2.75, 3.05) is 0 Å². The molecular weight excluding hydrogens is 277 g/mol. The first-order valence-corrected chi connectivity index (χ1v) is 6.17. The minimum atomic E-state index is -4.49. The second-order valence-electron chi connectivity index (χ2n) is 3.51. The van der Waals surface area contributed by atoms with E-state index in [1.165, 1.54) is 6.92 Å². The summed E-state index contributed by atoms with van der Waals surface area (Å²) in [5.41, 5.74) is -0.523. The Balaban J connectivity index is 0.000000861. The molecule has 104 valence electrons. The number of benzene rings is 1. The van der Waals surface area contributed by atoms with E-state index in [-0.39, 0.29) is 10.7 Å². The normalized spacial score (nSPS) is 10.9. The van der Waals surface area contributed by atoms with Gasteiger partial charge in [-0.3, -0.25) is 0 Å². The average molecular weight is 291 g/mol. The maximum absolute atomic E-state index is 12.6. The predicted octanol–water partition coefficient (Wildman–Crippen LogP) is 4.88. The Kier molecular flexibility index (Phi) is 5.00. The van der Waals surface area contributed by atoms with E-state index in [2.05, 4.69) is 5.10 Å². The number of para-hydroxylation sites is 1. The van der Waals surface area contributed by atoms with Gasteiger partial charge in [0.2, 0.25) is 0 Å². The third-order valence-electron chi connectivity index (χ3n) is 2.32. The molecule has 0 saturated carbocycles. The zero-order valence-corrected chi connectivity index (χ0v) is 11.5. The van der Waals surface area contributed by atoms with Crippen LogP contribution in [-0.2, 0) is 6.18 Å². The van der Waals surface area contributed by atoms with Crippen LogP contribution in [0, 0.1) is 6.92 Å². The van der Waals surface area contributed by atoms with Gasteiger partial charge in [0.25, 0.3) is 0 Å². The number of alkyl halides is 3. The summed E-state index contributed by atoms with van der Waals surface area (Å²) in [7, 11) is 0. The minimum Gasteiger partial charge on any atom is -0.221 e.